The van der Waals surface area contributed by atoms with Crippen molar-refractivity contribution in [1.29, 1.82) is 0 Å². The maximum atomic E-state index is 12.8. The SMILES string of the molecule is O=C1NC(=O)C(CNC(=O)N2Cc3ccc(C(F)(F)F)cc3C2)(C2CC2)N1. The average Bonchev–Trinajstić information content (AvgIpc) is 3.28. The topological polar surface area (TPSA) is 90.5 Å². The average molecular weight is 382 g/mol. The van der Waals surface area contributed by atoms with E-state index in [0.29, 0.717) is 11.1 Å². The van der Waals surface area contributed by atoms with E-state index in [2.05, 4.69) is 16.0 Å². The Bertz CT molecular complexity index is 837. The quantitative estimate of drug-likeness (QED) is 0.696. The van der Waals surface area contributed by atoms with Crippen molar-refractivity contribution in [3.63, 3.8) is 0 Å². The molecule has 3 aliphatic rings. The molecule has 1 aromatic carbocycles. The van der Waals surface area contributed by atoms with Crippen LogP contribution in [0, 0.1) is 5.92 Å². The molecule has 0 radical (unpaired) electrons. The molecule has 1 aromatic rings. The lowest BCUT2D eigenvalue weighted by molar-refractivity contribution is -0.137. The summed E-state index contributed by atoms with van der Waals surface area (Å²) in [5.41, 5.74) is -0.796. The van der Waals surface area contributed by atoms with Crippen molar-refractivity contribution in [3.8, 4) is 0 Å². The van der Waals surface area contributed by atoms with Crippen molar-refractivity contribution >= 4 is 18.0 Å². The Morgan fingerprint density at radius 3 is 2.52 bits per heavy atom. The lowest BCUT2D eigenvalue weighted by atomic mass is 9.93. The summed E-state index contributed by atoms with van der Waals surface area (Å²) in [5.74, 6) is -0.496. The Hall–Kier alpha value is -2.78. The monoisotopic (exact) mass is 382 g/mol. The van der Waals surface area contributed by atoms with Crippen LogP contribution in [0.1, 0.15) is 29.5 Å². The van der Waals surface area contributed by atoms with E-state index in [4.69, 9.17) is 0 Å². The van der Waals surface area contributed by atoms with E-state index in [-0.39, 0.29) is 25.6 Å². The molecule has 5 amide bonds. The number of nitrogens with one attached hydrogen (secondary N) is 3. The first-order valence-electron chi connectivity index (χ1n) is 8.54. The predicted octanol–water partition coefficient (Wildman–Crippen LogP) is 1.72. The number of urea groups is 2. The van der Waals surface area contributed by atoms with Crippen molar-refractivity contribution in [2.24, 2.45) is 5.92 Å². The number of hydrogen-bond donors (Lipinski definition) is 3. The van der Waals surface area contributed by atoms with Crippen LogP contribution in [0.2, 0.25) is 0 Å². The second-order valence-corrected chi connectivity index (χ2v) is 7.15. The highest BCUT2D eigenvalue weighted by Gasteiger charge is 2.56. The van der Waals surface area contributed by atoms with Crippen LogP contribution in [0.3, 0.4) is 0 Å². The van der Waals surface area contributed by atoms with Crippen LogP contribution in [0.5, 0.6) is 0 Å². The van der Waals surface area contributed by atoms with E-state index >= 15 is 0 Å². The van der Waals surface area contributed by atoms with Gasteiger partial charge in [-0.25, -0.2) is 9.59 Å². The molecule has 3 N–H and O–H groups in total. The zero-order valence-electron chi connectivity index (χ0n) is 14.2. The van der Waals surface area contributed by atoms with Crippen molar-refractivity contribution in [2.75, 3.05) is 6.54 Å². The summed E-state index contributed by atoms with van der Waals surface area (Å²) in [6.45, 7) is 0.184. The Labute approximate surface area is 152 Å². The molecule has 0 aromatic heterocycles. The fourth-order valence-corrected chi connectivity index (χ4v) is 3.68. The molecule has 1 aliphatic carbocycles. The van der Waals surface area contributed by atoms with Crippen molar-refractivity contribution in [3.05, 3.63) is 34.9 Å². The maximum absolute atomic E-state index is 12.8. The van der Waals surface area contributed by atoms with Crippen molar-refractivity contribution in [1.82, 2.24) is 20.9 Å². The van der Waals surface area contributed by atoms with E-state index in [0.717, 1.165) is 25.0 Å². The second-order valence-electron chi connectivity index (χ2n) is 7.15. The van der Waals surface area contributed by atoms with Crippen molar-refractivity contribution in [2.45, 2.75) is 37.6 Å². The third-order valence-electron chi connectivity index (χ3n) is 5.30. The Morgan fingerprint density at radius 2 is 1.93 bits per heavy atom. The van der Waals surface area contributed by atoms with Gasteiger partial charge in [-0.2, -0.15) is 13.2 Å². The fourth-order valence-electron chi connectivity index (χ4n) is 3.68. The highest BCUT2D eigenvalue weighted by atomic mass is 19.4. The zero-order chi connectivity index (χ0) is 19.4. The molecule has 10 heteroatoms. The zero-order valence-corrected chi connectivity index (χ0v) is 14.2. The lowest BCUT2D eigenvalue weighted by Crippen LogP contribution is -2.58. The molecule has 144 valence electrons. The number of carbonyl (C=O) groups is 3. The molecule has 2 aliphatic heterocycles. The summed E-state index contributed by atoms with van der Waals surface area (Å²) >= 11 is 0. The summed E-state index contributed by atoms with van der Waals surface area (Å²) in [7, 11) is 0. The van der Waals surface area contributed by atoms with Gasteiger partial charge in [-0.1, -0.05) is 6.07 Å². The van der Waals surface area contributed by atoms with Gasteiger partial charge in [0.05, 0.1) is 12.1 Å². The van der Waals surface area contributed by atoms with E-state index in [1.54, 1.807) is 0 Å². The van der Waals surface area contributed by atoms with Gasteiger partial charge in [0.2, 0.25) is 0 Å². The molecule has 2 heterocycles. The maximum Gasteiger partial charge on any atom is 0.416 e. The minimum Gasteiger partial charge on any atom is -0.335 e. The minimum absolute atomic E-state index is 0.0330. The predicted molar refractivity (Wildman–Crippen MR) is 86.2 cm³/mol. The standard InChI is InChI=1S/C17H17F3N4O3/c18-17(19,20)12-2-1-9-6-24(7-10(9)5-12)15(27)21-8-16(11-3-4-11)13(25)22-14(26)23-16/h1-2,5,11H,3-4,6-8H2,(H,21,27)(H2,22,23,25,26). The van der Waals surface area contributed by atoms with E-state index in [1.807, 2.05) is 0 Å². The van der Waals surface area contributed by atoms with E-state index < -0.39 is 35.2 Å². The number of benzene rings is 1. The third-order valence-corrected chi connectivity index (χ3v) is 5.30. The first kappa shape index (κ1) is 17.6. The van der Waals surface area contributed by atoms with Gasteiger partial charge in [-0.05, 0) is 42.0 Å². The van der Waals surface area contributed by atoms with Crippen LogP contribution in [0.4, 0.5) is 22.8 Å². The Balaban J connectivity index is 1.42. The summed E-state index contributed by atoms with van der Waals surface area (Å²) in [5, 5.41) is 7.45. The van der Waals surface area contributed by atoms with Gasteiger partial charge in [-0.3, -0.25) is 10.1 Å². The minimum atomic E-state index is -4.44. The first-order chi connectivity index (χ1) is 12.7. The van der Waals surface area contributed by atoms with E-state index in [1.165, 1.54) is 11.0 Å². The number of carbonyl (C=O) groups excluding carboxylic acids is 3. The molecule has 0 bridgehead atoms. The van der Waals surface area contributed by atoms with Gasteiger partial charge in [-0.15, -0.1) is 0 Å². The van der Waals surface area contributed by atoms with Crippen molar-refractivity contribution < 1.29 is 27.6 Å². The van der Waals surface area contributed by atoms with Crippen LogP contribution in [0.25, 0.3) is 0 Å². The van der Waals surface area contributed by atoms with Gasteiger partial charge in [0.25, 0.3) is 5.91 Å². The second kappa shape index (κ2) is 5.86. The van der Waals surface area contributed by atoms with E-state index in [9.17, 15) is 27.6 Å². The summed E-state index contributed by atoms with van der Waals surface area (Å²) in [6, 6.07) is 2.35. The number of imide groups is 1. The molecule has 1 saturated carbocycles. The number of fused-ring (bicyclic) bond motifs is 1. The molecule has 7 nitrogen and oxygen atoms in total. The lowest BCUT2D eigenvalue weighted by Gasteiger charge is -2.27. The van der Waals surface area contributed by atoms with Gasteiger partial charge in [0.15, 0.2) is 0 Å². The Kier molecular flexibility index (Phi) is 3.83. The van der Waals surface area contributed by atoms with Crippen LogP contribution in [0.15, 0.2) is 18.2 Å². The van der Waals surface area contributed by atoms with Crippen LogP contribution in [-0.2, 0) is 24.1 Å². The highest BCUT2D eigenvalue weighted by molar-refractivity contribution is 6.07. The number of rotatable bonds is 3. The number of hydrogen-bond acceptors (Lipinski definition) is 3. The van der Waals surface area contributed by atoms with Gasteiger partial charge in [0.1, 0.15) is 5.54 Å². The third kappa shape index (κ3) is 3.08. The van der Waals surface area contributed by atoms with Crippen LogP contribution >= 0.6 is 0 Å². The molecular weight excluding hydrogens is 365 g/mol. The largest absolute Gasteiger partial charge is 0.416 e. The number of halogens is 3. The number of amides is 5. The molecule has 1 atom stereocenters. The van der Waals surface area contributed by atoms with Crippen LogP contribution < -0.4 is 16.0 Å². The smallest absolute Gasteiger partial charge is 0.335 e. The fraction of sp³-hybridized carbons (Fsp3) is 0.471. The van der Waals surface area contributed by atoms with Gasteiger partial charge < -0.3 is 15.5 Å². The first-order valence-corrected chi connectivity index (χ1v) is 8.54. The molecule has 2 fully saturated rings. The number of alkyl halides is 3. The molecule has 27 heavy (non-hydrogen) atoms. The van der Waals surface area contributed by atoms with Gasteiger partial charge >= 0.3 is 18.2 Å². The molecule has 1 saturated heterocycles. The normalized spacial score (nSPS) is 24.5. The molecule has 1 unspecified atom stereocenters. The summed E-state index contributed by atoms with van der Waals surface area (Å²) < 4.78 is 38.5. The van der Waals surface area contributed by atoms with Crippen LogP contribution in [-0.4, -0.2) is 35.0 Å². The number of nitrogens with zero attached hydrogens (tertiary/aromatic N) is 1. The molecule has 4 rings (SSSR count). The summed E-state index contributed by atoms with van der Waals surface area (Å²) in [4.78, 5) is 37.5. The highest BCUT2D eigenvalue weighted by Crippen LogP contribution is 2.41. The molecular formula is C17H17F3N4O3. The molecule has 0 spiro atoms. The summed E-state index contributed by atoms with van der Waals surface area (Å²) in [6.07, 6.45) is -2.88. The van der Waals surface area contributed by atoms with Gasteiger partial charge in [0, 0.05) is 13.1 Å². The Morgan fingerprint density at radius 1 is 1.22 bits per heavy atom.